The molecule has 0 fully saturated rings. The molecule has 5 heteroatoms. The molecule has 0 bridgehead atoms. The normalized spacial score (nSPS) is 14.4. The minimum absolute atomic E-state index is 0.0465. The summed E-state index contributed by atoms with van der Waals surface area (Å²) in [5.74, 6) is 0. The molecule has 2 rings (SSSR count). The zero-order valence-corrected chi connectivity index (χ0v) is 17.7. The van der Waals surface area contributed by atoms with E-state index < -0.39 is 10.8 Å². The molecule has 0 aliphatic heterocycles. The molecule has 2 aromatic carbocycles. The predicted molar refractivity (Wildman–Crippen MR) is 104 cm³/mol. The van der Waals surface area contributed by atoms with Crippen molar-refractivity contribution in [3.63, 3.8) is 0 Å². The van der Waals surface area contributed by atoms with Crippen LogP contribution in [-0.4, -0.2) is 31.0 Å². The van der Waals surface area contributed by atoms with Gasteiger partial charge in [0.2, 0.25) is 0 Å². The van der Waals surface area contributed by atoms with Crippen molar-refractivity contribution in [1.82, 2.24) is 0 Å². The van der Waals surface area contributed by atoms with Gasteiger partial charge < -0.3 is 0 Å². The quantitative estimate of drug-likeness (QED) is 0.637. The van der Waals surface area contributed by atoms with E-state index in [1.165, 1.54) is 4.46 Å². The van der Waals surface area contributed by atoms with Crippen LogP contribution < -0.4 is 4.46 Å². The van der Waals surface area contributed by atoms with E-state index in [0.29, 0.717) is 0 Å². The van der Waals surface area contributed by atoms with Crippen LogP contribution in [0.15, 0.2) is 53.4 Å². The molecule has 0 radical (unpaired) electrons. The number of hydrogen-bond donors (Lipinski definition) is 0. The van der Waals surface area contributed by atoms with Crippen LogP contribution in [-0.2, 0) is 15.5 Å². The van der Waals surface area contributed by atoms with Gasteiger partial charge in [0.25, 0.3) is 0 Å². The molecule has 130 valence electrons. The second-order valence-corrected chi connectivity index (χ2v) is 11.2. The first-order valence-electron chi connectivity index (χ1n) is 7.75. The fraction of sp³-hybridized carbons (Fsp3) is 0.368. The van der Waals surface area contributed by atoms with E-state index >= 15 is 0 Å². The molecule has 2 nitrogen and oxygen atoms in total. The monoisotopic (exact) mass is 430 g/mol. The van der Waals surface area contributed by atoms with Crippen LogP contribution in [0.3, 0.4) is 0 Å². The third kappa shape index (κ3) is 4.93. The Labute approximate surface area is 158 Å². The Morgan fingerprint density at radius 3 is 2.38 bits per heavy atom. The summed E-state index contributed by atoms with van der Waals surface area (Å²) < 4.78 is 19.4. The third-order valence-electron chi connectivity index (χ3n) is 3.53. The number of hydrogen-bond acceptors (Lipinski definition) is 2. The number of halogens is 1. The summed E-state index contributed by atoms with van der Waals surface area (Å²) in [5, 5.41) is 1.58. The SMILES string of the molecule is COC(C[Se]c1ccccc1S(=O)C(C)(C)C)c1ccccc1Cl. The average molecular weight is 430 g/mol. The van der Waals surface area contributed by atoms with Gasteiger partial charge in [0.1, 0.15) is 0 Å². The summed E-state index contributed by atoms with van der Waals surface area (Å²) in [6.45, 7) is 6.03. The van der Waals surface area contributed by atoms with Crippen LogP contribution in [0.2, 0.25) is 10.3 Å². The van der Waals surface area contributed by atoms with Crippen molar-refractivity contribution >= 4 is 41.8 Å². The maximum atomic E-state index is 12.8. The molecule has 2 atom stereocenters. The van der Waals surface area contributed by atoms with Gasteiger partial charge in [-0.05, 0) is 0 Å². The van der Waals surface area contributed by atoms with Gasteiger partial charge in [0.15, 0.2) is 0 Å². The Morgan fingerprint density at radius 1 is 1.12 bits per heavy atom. The molecule has 0 saturated heterocycles. The number of benzene rings is 2. The Balaban J connectivity index is 2.20. The summed E-state index contributed by atoms with van der Waals surface area (Å²) in [6.07, 6.45) is -0.0465. The van der Waals surface area contributed by atoms with Crippen molar-refractivity contribution in [2.24, 2.45) is 0 Å². The van der Waals surface area contributed by atoms with E-state index in [4.69, 9.17) is 16.3 Å². The summed E-state index contributed by atoms with van der Waals surface area (Å²) in [5.41, 5.74) is 1.01. The van der Waals surface area contributed by atoms with Gasteiger partial charge in [-0.25, -0.2) is 0 Å². The number of ether oxygens (including phenoxy) is 1. The van der Waals surface area contributed by atoms with Crippen molar-refractivity contribution in [3.05, 3.63) is 59.1 Å². The standard InChI is InChI=1S/C19H23ClO2SSe/c1-19(2,3)23(21)17-11-7-8-12-18(17)24-13-16(22-4)14-9-5-6-10-15(14)20/h5-12,16H,13H2,1-4H3. The molecule has 0 aliphatic carbocycles. The molecule has 0 heterocycles. The summed E-state index contributed by atoms with van der Waals surface area (Å²) in [7, 11) is 0.683. The summed E-state index contributed by atoms with van der Waals surface area (Å²) >= 11 is 6.45. The molecule has 2 aromatic rings. The van der Waals surface area contributed by atoms with Crippen molar-refractivity contribution in [2.45, 2.75) is 41.8 Å². The molecule has 0 spiro atoms. The molecular weight excluding hydrogens is 407 g/mol. The van der Waals surface area contributed by atoms with E-state index in [1.54, 1.807) is 7.11 Å². The summed E-state index contributed by atoms with van der Waals surface area (Å²) in [6, 6.07) is 15.8. The molecule has 24 heavy (non-hydrogen) atoms. The van der Waals surface area contributed by atoms with Gasteiger partial charge >= 0.3 is 159 Å². The van der Waals surface area contributed by atoms with Gasteiger partial charge in [0.05, 0.1) is 0 Å². The summed E-state index contributed by atoms with van der Waals surface area (Å²) in [4.78, 5) is 0.944. The van der Waals surface area contributed by atoms with Gasteiger partial charge in [-0.1, -0.05) is 0 Å². The Bertz CT molecular complexity index is 713. The molecule has 0 N–H and O–H groups in total. The topological polar surface area (TPSA) is 26.3 Å². The minimum atomic E-state index is -1.03. The van der Waals surface area contributed by atoms with Crippen LogP contribution in [0.4, 0.5) is 0 Å². The Morgan fingerprint density at radius 2 is 1.75 bits per heavy atom. The van der Waals surface area contributed by atoms with E-state index in [2.05, 4.69) is 6.07 Å². The van der Waals surface area contributed by atoms with Gasteiger partial charge in [0, 0.05) is 0 Å². The molecule has 0 amide bonds. The Kier molecular flexibility index (Phi) is 7.09. The average Bonchev–Trinajstić information content (AvgIpc) is 2.55. The fourth-order valence-electron chi connectivity index (χ4n) is 2.24. The van der Waals surface area contributed by atoms with Crippen molar-refractivity contribution in [3.8, 4) is 0 Å². The first-order chi connectivity index (χ1) is 11.3. The van der Waals surface area contributed by atoms with Crippen LogP contribution in [0.1, 0.15) is 32.4 Å². The van der Waals surface area contributed by atoms with Gasteiger partial charge in [-0.3, -0.25) is 0 Å². The zero-order valence-electron chi connectivity index (χ0n) is 14.4. The van der Waals surface area contributed by atoms with E-state index in [9.17, 15) is 4.21 Å². The first-order valence-corrected chi connectivity index (χ1v) is 11.3. The molecular formula is C19H23ClO2SSe. The molecule has 2 unspecified atom stereocenters. The second-order valence-electron chi connectivity index (χ2n) is 6.38. The Hall–Kier alpha value is -0.641. The van der Waals surface area contributed by atoms with Crippen LogP contribution in [0, 0.1) is 0 Å². The van der Waals surface area contributed by atoms with Gasteiger partial charge in [-0.2, -0.15) is 0 Å². The molecule has 0 aliphatic rings. The third-order valence-corrected chi connectivity index (χ3v) is 8.42. The van der Waals surface area contributed by atoms with E-state index in [-0.39, 0.29) is 25.8 Å². The van der Waals surface area contributed by atoms with Crippen LogP contribution >= 0.6 is 11.6 Å². The molecule has 0 saturated carbocycles. The van der Waals surface area contributed by atoms with Crippen molar-refractivity contribution in [2.75, 3.05) is 7.11 Å². The van der Waals surface area contributed by atoms with Crippen LogP contribution in [0.25, 0.3) is 0 Å². The van der Waals surface area contributed by atoms with Gasteiger partial charge in [-0.15, -0.1) is 0 Å². The zero-order chi connectivity index (χ0) is 17.7. The van der Waals surface area contributed by atoms with E-state index in [0.717, 1.165) is 20.8 Å². The maximum absolute atomic E-state index is 12.8. The van der Waals surface area contributed by atoms with E-state index in [1.807, 2.05) is 63.2 Å². The molecule has 0 aromatic heterocycles. The van der Waals surface area contributed by atoms with Crippen molar-refractivity contribution < 1.29 is 8.95 Å². The fourth-order valence-corrected chi connectivity index (χ4v) is 6.56. The van der Waals surface area contributed by atoms with Crippen molar-refractivity contribution in [1.29, 1.82) is 0 Å². The number of methoxy groups -OCH3 is 1. The first kappa shape index (κ1) is 19.7. The second kappa shape index (κ2) is 8.64. The predicted octanol–water partition coefficient (Wildman–Crippen LogP) is 4.38. The number of rotatable bonds is 6. The van der Waals surface area contributed by atoms with Crippen LogP contribution in [0.5, 0.6) is 0 Å².